The van der Waals surface area contributed by atoms with Crippen molar-refractivity contribution in [2.75, 3.05) is 19.6 Å². The Kier molecular flexibility index (Phi) is 2.60. The third-order valence-corrected chi connectivity index (χ3v) is 3.99. The van der Waals surface area contributed by atoms with E-state index in [4.69, 9.17) is 0 Å². The zero-order chi connectivity index (χ0) is 11.8. The van der Waals surface area contributed by atoms with Gasteiger partial charge in [-0.2, -0.15) is 0 Å². The Morgan fingerprint density at radius 2 is 2.18 bits per heavy atom. The molecule has 1 aromatic carbocycles. The van der Waals surface area contributed by atoms with E-state index in [0.29, 0.717) is 5.92 Å². The second kappa shape index (κ2) is 4.11. The van der Waals surface area contributed by atoms with Crippen LogP contribution < -0.4 is 0 Å². The van der Waals surface area contributed by atoms with E-state index in [1.807, 2.05) is 0 Å². The Labute approximate surface area is 103 Å². The summed E-state index contributed by atoms with van der Waals surface area (Å²) in [5.41, 5.74) is 5.37. The lowest BCUT2D eigenvalue weighted by atomic mass is 9.86. The summed E-state index contributed by atoms with van der Waals surface area (Å²) >= 11 is 0. The Morgan fingerprint density at radius 1 is 1.35 bits per heavy atom. The summed E-state index contributed by atoms with van der Waals surface area (Å²) in [5, 5.41) is 0. The molecule has 17 heavy (non-hydrogen) atoms. The highest BCUT2D eigenvalue weighted by atomic mass is 15.2. The zero-order valence-corrected chi connectivity index (χ0v) is 10.3. The number of aliphatic imine (C=N–C) groups is 1. The van der Waals surface area contributed by atoms with E-state index in [-0.39, 0.29) is 0 Å². The summed E-state index contributed by atoms with van der Waals surface area (Å²) in [4.78, 5) is 6.76. The molecule has 2 nitrogen and oxygen atoms in total. The van der Waals surface area contributed by atoms with Crippen molar-refractivity contribution >= 4 is 12.3 Å². The van der Waals surface area contributed by atoms with E-state index in [0.717, 1.165) is 6.54 Å². The highest BCUT2D eigenvalue weighted by Crippen LogP contribution is 2.39. The second-order valence-corrected chi connectivity index (χ2v) is 5.05. The van der Waals surface area contributed by atoms with Gasteiger partial charge in [0.05, 0.1) is 5.70 Å². The molecule has 2 aliphatic heterocycles. The fourth-order valence-electron chi connectivity index (χ4n) is 3.13. The summed E-state index contributed by atoms with van der Waals surface area (Å²) in [6.45, 7) is 9.32. The molecular weight excluding hydrogens is 208 g/mol. The topological polar surface area (TPSA) is 15.6 Å². The number of hydrogen-bond donors (Lipinski definition) is 0. The van der Waals surface area contributed by atoms with Crippen molar-refractivity contribution in [1.82, 2.24) is 4.90 Å². The molecule has 1 aromatic rings. The predicted molar refractivity (Wildman–Crippen MR) is 72.2 cm³/mol. The van der Waals surface area contributed by atoms with Gasteiger partial charge >= 0.3 is 0 Å². The van der Waals surface area contributed by atoms with Crippen LogP contribution in [0.1, 0.15) is 17.5 Å². The number of hydrogen-bond acceptors (Lipinski definition) is 2. The van der Waals surface area contributed by atoms with Crippen LogP contribution in [-0.2, 0) is 0 Å². The average molecular weight is 226 g/mol. The normalized spacial score (nSPS) is 27.4. The van der Waals surface area contributed by atoms with Crippen LogP contribution in [0.25, 0.3) is 5.57 Å². The molecule has 0 amide bonds. The van der Waals surface area contributed by atoms with Crippen molar-refractivity contribution in [3.63, 3.8) is 0 Å². The van der Waals surface area contributed by atoms with E-state index in [2.05, 4.69) is 47.8 Å². The van der Waals surface area contributed by atoms with Gasteiger partial charge in [0.15, 0.2) is 0 Å². The van der Waals surface area contributed by atoms with Crippen molar-refractivity contribution in [3.8, 4) is 0 Å². The van der Waals surface area contributed by atoms with Gasteiger partial charge in [0.2, 0.25) is 0 Å². The van der Waals surface area contributed by atoms with Crippen LogP contribution in [0.5, 0.6) is 0 Å². The highest BCUT2D eigenvalue weighted by Gasteiger charge is 2.33. The van der Waals surface area contributed by atoms with Crippen molar-refractivity contribution in [1.29, 1.82) is 0 Å². The van der Waals surface area contributed by atoms with Crippen LogP contribution in [0.4, 0.5) is 0 Å². The van der Waals surface area contributed by atoms with Crippen molar-refractivity contribution in [2.45, 2.75) is 13.3 Å². The van der Waals surface area contributed by atoms with Gasteiger partial charge < -0.3 is 0 Å². The van der Waals surface area contributed by atoms with Gasteiger partial charge in [-0.3, -0.25) is 9.89 Å². The molecule has 0 spiro atoms. The van der Waals surface area contributed by atoms with Gasteiger partial charge in [0.1, 0.15) is 0 Å². The minimum Gasteiger partial charge on any atom is -0.297 e. The van der Waals surface area contributed by atoms with Crippen LogP contribution in [0, 0.1) is 12.8 Å². The number of fused-ring (bicyclic) bond motifs is 2. The maximum Gasteiger partial charge on any atom is 0.0578 e. The van der Waals surface area contributed by atoms with Crippen LogP contribution in [0.15, 0.2) is 35.0 Å². The Morgan fingerprint density at radius 3 is 2.94 bits per heavy atom. The smallest absolute Gasteiger partial charge is 0.0578 e. The van der Waals surface area contributed by atoms with Gasteiger partial charge in [-0.25, -0.2) is 0 Å². The molecule has 2 unspecified atom stereocenters. The molecule has 1 saturated heterocycles. The van der Waals surface area contributed by atoms with Crippen LogP contribution in [0.2, 0.25) is 0 Å². The third-order valence-electron chi connectivity index (χ3n) is 3.99. The van der Waals surface area contributed by atoms with E-state index in [1.54, 1.807) is 0 Å². The first kappa shape index (κ1) is 10.7. The maximum absolute atomic E-state index is 4.28. The summed E-state index contributed by atoms with van der Waals surface area (Å²) in [5.74, 6) is 0.658. The molecule has 0 N–H and O–H groups in total. The SMILES string of the molecule is C=NC1=C(c2ccccc2C)C2CCN(C1)C2. The van der Waals surface area contributed by atoms with Gasteiger partial charge in [0.25, 0.3) is 0 Å². The van der Waals surface area contributed by atoms with Gasteiger partial charge in [-0.1, -0.05) is 24.3 Å². The lowest BCUT2D eigenvalue weighted by Gasteiger charge is -2.27. The number of nitrogens with zero attached hydrogens (tertiary/aromatic N) is 2. The molecule has 1 fully saturated rings. The summed E-state index contributed by atoms with van der Waals surface area (Å²) < 4.78 is 0. The molecule has 2 bridgehead atoms. The van der Waals surface area contributed by atoms with Crippen LogP contribution in [-0.4, -0.2) is 31.3 Å². The quantitative estimate of drug-likeness (QED) is 0.708. The molecule has 0 radical (unpaired) electrons. The maximum atomic E-state index is 4.28. The Hall–Kier alpha value is -1.41. The minimum absolute atomic E-state index is 0.658. The summed E-state index contributed by atoms with van der Waals surface area (Å²) in [7, 11) is 0. The van der Waals surface area contributed by atoms with Gasteiger partial charge in [0, 0.05) is 19.0 Å². The monoisotopic (exact) mass is 226 g/mol. The number of aryl methyl sites for hydroxylation is 1. The van der Waals surface area contributed by atoms with Crippen molar-refractivity contribution in [3.05, 3.63) is 41.1 Å². The molecule has 3 rings (SSSR count). The van der Waals surface area contributed by atoms with Crippen molar-refractivity contribution < 1.29 is 0 Å². The van der Waals surface area contributed by atoms with E-state index in [9.17, 15) is 0 Å². The lowest BCUT2D eigenvalue weighted by Crippen LogP contribution is -2.28. The summed E-state index contributed by atoms with van der Waals surface area (Å²) in [6.07, 6.45) is 1.27. The summed E-state index contributed by atoms with van der Waals surface area (Å²) in [6, 6.07) is 8.63. The third kappa shape index (κ3) is 1.73. The molecule has 88 valence electrons. The van der Waals surface area contributed by atoms with Gasteiger partial charge in [-0.05, 0) is 43.3 Å². The molecule has 0 saturated carbocycles. The van der Waals surface area contributed by atoms with E-state index >= 15 is 0 Å². The highest BCUT2D eigenvalue weighted by molar-refractivity contribution is 5.74. The van der Waals surface area contributed by atoms with Gasteiger partial charge in [-0.15, -0.1) is 0 Å². The molecule has 2 heteroatoms. The second-order valence-electron chi connectivity index (χ2n) is 5.05. The standard InChI is InChI=1S/C15H18N2/c1-11-5-3-4-6-13(11)15-12-7-8-17(9-12)10-14(15)16-2/h3-6,12H,2,7-10H2,1H3. The number of benzene rings is 1. The van der Waals surface area contributed by atoms with Crippen LogP contribution >= 0.6 is 0 Å². The molecule has 0 aliphatic carbocycles. The first-order valence-electron chi connectivity index (χ1n) is 6.27. The molecular formula is C15H18N2. The zero-order valence-electron chi connectivity index (χ0n) is 10.3. The largest absolute Gasteiger partial charge is 0.297 e. The first-order chi connectivity index (χ1) is 8.29. The van der Waals surface area contributed by atoms with E-state index < -0.39 is 0 Å². The average Bonchev–Trinajstić information content (AvgIpc) is 2.73. The molecule has 2 aliphatic rings. The molecule has 0 aromatic heterocycles. The van der Waals surface area contributed by atoms with Crippen LogP contribution in [0.3, 0.4) is 0 Å². The first-order valence-corrected chi connectivity index (χ1v) is 6.27. The lowest BCUT2D eigenvalue weighted by molar-refractivity contribution is 0.351. The number of rotatable bonds is 2. The minimum atomic E-state index is 0.658. The van der Waals surface area contributed by atoms with Crippen molar-refractivity contribution in [2.24, 2.45) is 10.9 Å². The fraction of sp³-hybridized carbons (Fsp3) is 0.400. The fourth-order valence-corrected chi connectivity index (χ4v) is 3.13. The predicted octanol–water partition coefficient (Wildman–Crippen LogP) is 2.74. The Balaban J connectivity index is 2.13. The Bertz CT molecular complexity index is 487. The molecule has 2 atom stereocenters. The van der Waals surface area contributed by atoms with E-state index in [1.165, 1.54) is 41.9 Å². The molecule has 2 heterocycles.